The van der Waals surface area contributed by atoms with E-state index in [1.54, 1.807) is 30.3 Å². The molecule has 5 heteroatoms. The molecule has 0 aliphatic carbocycles. The average Bonchev–Trinajstić information content (AvgIpc) is 2.29. The monoisotopic (exact) mass is 273 g/mol. The van der Waals surface area contributed by atoms with E-state index < -0.39 is 12.5 Å². The maximum absolute atomic E-state index is 12.3. The summed E-state index contributed by atoms with van der Waals surface area (Å²) in [4.78, 5) is 0. The topological polar surface area (TPSA) is 46.2 Å². The summed E-state index contributed by atoms with van der Waals surface area (Å²) in [6.45, 7) is 0. The number of alkyl halides is 2. The van der Waals surface area contributed by atoms with Crippen molar-refractivity contribution in [2.45, 2.75) is 18.9 Å². The quantitative estimate of drug-likeness (QED) is 0.897. The zero-order valence-corrected chi connectivity index (χ0v) is 10.3. The van der Waals surface area contributed by atoms with Crippen molar-refractivity contribution in [3.63, 3.8) is 0 Å². The first-order chi connectivity index (χ1) is 8.09. The molecule has 0 bridgehead atoms. The summed E-state index contributed by atoms with van der Waals surface area (Å²) in [7, 11) is 0. The van der Waals surface area contributed by atoms with Gasteiger partial charge in [0, 0.05) is 17.8 Å². The highest BCUT2D eigenvalue weighted by molar-refractivity contribution is 5.91. The van der Waals surface area contributed by atoms with E-state index in [9.17, 15) is 13.9 Å². The number of nitrogens with two attached hydrogens (primary N) is 1. The molecule has 0 unspecified atom stereocenters. The van der Waals surface area contributed by atoms with Crippen molar-refractivity contribution in [2.75, 3.05) is 0 Å². The van der Waals surface area contributed by atoms with Gasteiger partial charge in [0.2, 0.25) is 6.43 Å². The van der Waals surface area contributed by atoms with Gasteiger partial charge in [-0.25, -0.2) is 8.78 Å². The summed E-state index contributed by atoms with van der Waals surface area (Å²) in [5.41, 5.74) is 6.39. The van der Waals surface area contributed by atoms with Crippen molar-refractivity contribution in [3.05, 3.63) is 42.0 Å². The number of hydrogen-bond acceptors (Lipinski definition) is 2. The predicted octanol–water partition coefficient (Wildman–Crippen LogP) is 3.62. The van der Waals surface area contributed by atoms with E-state index in [1.807, 2.05) is 0 Å². The first-order valence-corrected chi connectivity index (χ1v) is 5.34. The standard InChI is InChI=1S/C13H13F2NO.ClH/c14-13(15)7-11(16)9-5-6-12(17)10-4-2-1-3-8(9)10;/h1-6,11,13,17H,7,16H2;1H/t11-;/m1./s1. The molecule has 0 spiro atoms. The molecule has 0 fully saturated rings. The Morgan fingerprint density at radius 1 is 1.06 bits per heavy atom. The second kappa shape index (κ2) is 5.98. The van der Waals surface area contributed by atoms with Crippen molar-refractivity contribution in [1.82, 2.24) is 0 Å². The summed E-state index contributed by atoms with van der Waals surface area (Å²) in [5.74, 6) is 0.133. The molecule has 18 heavy (non-hydrogen) atoms. The van der Waals surface area contributed by atoms with E-state index in [1.165, 1.54) is 6.07 Å². The van der Waals surface area contributed by atoms with Crippen LogP contribution in [0.2, 0.25) is 0 Å². The van der Waals surface area contributed by atoms with E-state index >= 15 is 0 Å². The number of phenolic OH excluding ortho intramolecular Hbond substituents is 1. The molecular formula is C13H14ClF2NO. The van der Waals surface area contributed by atoms with Crippen LogP contribution in [0.1, 0.15) is 18.0 Å². The molecule has 0 aromatic heterocycles. The lowest BCUT2D eigenvalue weighted by Crippen LogP contribution is -2.14. The van der Waals surface area contributed by atoms with Crippen LogP contribution in [0.25, 0.3) is 10.8 Å². The predicted molar refractivity (Wildman–Crippen MR) is 70.4 cm³/mol. The van der Waals surface area contributed by atoms with E-state index in [4.69, 9.17) is 5.73 Å². The third kappa shape index (κ3) is 2.89. The minimum atomic E-state index is -2.43. The molecule has 0 aliphatic rings. The molecule has 98 valence electrons. The Kier molecular flexibility index (Phi) is 4.87. The zero-order valence-electron chi connectivity index (χ0n) is 9.51. The van der Waals surface area contributed by atoms with Gasteiger partial charge in [-0.05, 0) is 17.0 Å². The van der Waals surface area contributed by atoms with Crippen LogP contribution in [-0.2, 0) is 0 Å². The average molecular weight is 274 g/mol. The van der Waals surface area contributed by atoms with Gasteiger partial charge in [-0.15, -0.1) is 12.4 Å². The minimum absolute atomic E-state index is 0. The fourth-order valence-electron chi connectivity index (χ4n) is 1.95. The Balaban J connectivity index is 0.00000162. The van der Waals surface area contributed by atoms with Gasteiger partial charge < -0.3 is 10.8 Å². The fourth-order valence-corrected chi connectivity index (χ4v) is 1.95. The SMILES string of the molecule is Cl.N[C@H](CC(F)F)c1ccc(O)c2ccccc12. The summed E-state index contributed by atoms with van der Waals surface area (Å²) >= 11 is 0. The fraction of sp³-hybridized carbons (Fsp3) is 0.231. The third-order valence-corrected chi connectivity index (χ3v) is 2.77. The lowest BCUT2D eigenvalue weighted by Gasteiger charge is -2.14. The van der Waals surface area contributed by atoms with Crippen LogP contribution in [0.4, 0.5) is 8.78 Å². The maximum Gasteiger partial charge on any atom is 0.240 e. The summed E-state index contributed by atoms with van der Waals surface area (Å²) in [6.07, 6.45) is -2.81. The summed E-state index contributed by atoms with van der Waals surface area (Å²) in [5, 5.41) is 11.0. The second-order valence-corrected chi connectivity index (χ2v) is 3.95. The molecule has 0 heterocycles. The maximum atomic E-state index is 12.3. The molecule has 3 N–H and O–H groups in total. The van der Waals surface area contributed by atoms with Gasteiger partial charge in [-0.2, -0.15) is 0 Å². The van der Waals surface area contributed by atoms with Gasteiger partial charge in [0.1, 0.15) is 5.75 Å². The van der Waals surface area contributed by atoms with Gasteiger partial charge in [-0.1, -0.05) is 30.3 Å². The smallest absolute Gasteiger partial charge is 0.240 e. The first kappa shape index (κ1) is 14.7. The number of benzene rings is 2. The Bertz CT molecular complexity index is 533. The Morgan fingerprint density at radius 3 is 2.28 bits per heavy atom. The van der Waals surface area contributed by atoms with Crippen LogP contribution in [0.5, 0.6) is 5.75 Å². The number of phenols is 1. The number of fused-ring (bicyclic) bond motifs is 1. The van der Waals surface area contributed by atoms with Gasteiger partial charge in [0.15, 0.2) is 0 Å². The highest BCUT2D eigenvalue weighted by Crippen LogP contribution is 2.31. The number of hydrogen-bond donors (Lipinski definition) is 2. The van der Waals surface area contributed by atoms with Crippen molar-refractivity contribution < 1.29 is 13.9 Å². The number of rotatable bonds is 3. The van der Waals surface area contributed by atoms with Crippen molar-refractivity contribution >= 4 is 23.2 Å². The molecule has 2 aromatic rings. The van der Waals surface area contributed by atoms with Crippen LogP contribution in [-0.4, -0.2) is 11.5 Å². The molecular weight excluding hydrogens is 260 g/mol. The zero-order chi connectivity index (χ0) is 12.4. The Labute approximate surface area is 110 Å². The molecule has 2 rings (SSSR count). The van der Waals surface area contributed by atoms with Crippen molar-refractivity contribution in [3.8, 4) is 5.75 Å². The molecule has 0 saturated carbocycles. The molecule has 0 saturated heterocycles. The van der Waals surface area contributed by atoms with Crippen LogP contribution >= 0.6 is 12.4 Å². The van der Waals surface area contributed by atoms with E-state index in [-0.39, 0.29) is 24.6 Å². The molecule has 0 amide bonds. The van der Waals surface area contributed by atoms with Gasteiger partial charge in [0.25, 0.3) is 0 Å². The molecule has 0 aliphatic heterocycles. The van der Waals surface area contributed by atoms with Crippen LogP contribution in [0.15, 0.2) is 36.4 Å². The van der Waals surface area contributed by atoms with E-state index in [0.717, 1.165) is 5.39 Å². The lowest BCUT2D eigenvalue weighted by molar-refractivity contribution is 0.128. The van der Waals surface area contributed by atoms with Gasteiger partial charge in [-0.3, -0.25) is 0 Å². The molecule has 1 atom stereocenters. The van der Waals surface area contributed by atoms with Crippen molar-refractivity contribution in [1.29, 1.82) is 0 Å². The molecule has 2 aromatic carbocycles. The normalized spacial score (nSPS) is 12.4. The molecule has 0 radical (unpaired) electrons. The van der Waals surface area contributed by atoms with Crippen molar-refractivity contribution in [2.24, 2.45) is 5.73 Å². The highest BCUT2D eigenvalue weighted by atomic mass is 35.5. The Morgan fingerprint density at radius 2 is 1.67 bits per heavy atom. The van der Waals surface area contributed by atoms with Gasteiger partial charge >= 0.3 is 0 Å². The highest BCUT2D eigenvalue weighted by Gasteiger charge is 2.16. The number of aromatic hydroxyl groups is 1. The minimum Gasteiger partial charge on any atom is -0.507 e. The second-order valence-electron chi connectivity index (χ2n) is 3.95. The lowest BCUT2D eigenvalue weighted by atomic mass is 9.97. The van der Waals surface area contributed by atoms with Crippen LogP contribution < -0.4 is 5.73 Å². The summed E-state index contributed by atoms with van der Waals surface area (Å²) in [6, 6.07) is 9.46. The number of halogens is 3. The van der Waals surface area contributed by atoms with Gasteiger partial charge in [0.05, 0.1) is 0 Å². The third-order valence-electron chi connectivity index (χ3n) is 2.77. The Hall–Kier alpha value is -1.39. The molecule has 2 nitrogen and oxygen atoms in total. The summed E-state index contributed by atoms with van der Waals surface area (Å²) < 4.78 is 24.6. The van der Waals surface area contributed by atoms with Crippen LogP contribution in [0.3, 0.4) is 0 Å². The van der Waals surface area contributed by atoms with Crippen LogP contribution in [0, 0.1) is 0 Å². The first-order valence-electron chi connectivity index (χ1n) is 5.34. The van der Waals surface area contributed by atoms with E-state index in [0.29, 0.717) is 10.9 Å². The van der Waals surface area contributed by atoms with E-state index in [2.05, 4.69) is 0 Å². The largest absolute Gasteiger partial charge is 0.507 e.